The summed E-state index contributed by atoms with van der Waals surface area (Å²) in [5.41, 5.74) is 4.66. The minimum atomic E-state index is 0.392. The maximum atomic E-state index is 3.70. The van der Waals surface area contributed by atoms with Gasteiger partial charge in [-0.1, -0.05) is 43.2 Å². The lowest BCUT2D eigenvalue weighted by Crippen LogP contribution is -2.34. The van der Waals surface area contributed by atoms with Crippen LogP contribution in [0.1, 0.15) is 49.8 Å². The number of hydrogen-bond acceptors (Lipinski definition) is 1. The van der Waals surface area contributed by atoms with E-state index in [0.717, 1.165) is 12.6 Å². The molecule has 1 fully saturated rings. The van der Waals surface area contributed by atoms with Gasteiger partial charge in [-0.25, -0.2) is 0 Å². The van der Waals surface area contributed by atoms with Crippen LogP contribution in [0.2, 0.25) is 0 Å². The average Bonchev–Trinajstić information content (AvgIpc) is 3.09. The Kier molecular flexibility index (Phi) is 4.11. The smallest absolute Gasteiger partial charge is 0.00684 e. The molecule has 18 heavy (non-hydrogen) atoms. The predicted molar refractivity (Wildman–Crippen MR) is 79.0 cm³/mol. The second-order valence-corrected chi connectivity index (χ2v) is 6.49. The Balaban J connectivity index is 2.02. The molecule has 1 aliphatic carbocycles. The van der Waals surface area contributed by atoms with E-state index < -0.39 is 0 Å². The highest BCUT2D eigenvalue weighted by atomic mass is 15.0. The molecule has 1 aromatic rings. The SMILES string of the molecule is CCC(C)(CNC1CC1)Cc1cc(C)cc(C)c1. The van der Waals surface area contributed by atoms with E-state index in [-0.39, 0.29) is 0 Å². The molecule has 0 amide bonds. The quantitative estimate of drug-likeness (QED) is 0.798. The highest BCUT2D eigenvalue weighted by molar-refractivity contribution is 5.29. The van der Waals surface area contributed by atoms with Crippen LogP contribution >= 0.6 is 0 Å². The fourth-order valence-electron chi connectivity index (χ4n) is 2.65. The van der Waals surface area contributed by atoms with Crippen molar-refractivity contribution in [1.29, 1.82) is 0 Å². The molecule has 0 aromatic heterocycles. The molecular formula is C17H27N. The Hall–Kier alpha value is -0.820. The van der Waals surface area contributed by atoms with Crippen LogP contribution in [0, 0.1) is 19.3 Å². The molecular weight excluding hydrogens is 218 g/mol. The van der Waals surface area contributed by atoms with Crippen LogP contribution in [-0.2, 0) is 6.42 Å². The molecule has 0 saturated heterocycles. The monoisotopic (exact) mass is 245 g/mol. The highest BCUT2D eigenvalue weighted by Crippen LogP contribution is 2.28. The van der Waals surface area contributed by atoms with E-state index in [0.29, 0.717) is 5.41 Å². The normalized spacial score (nSPS) is 18.7. The van der Waals surface area contributed by atoms with E-state index >= 15 is 0 Å². The van der Waals surface area contributed by atoms with Crippen LogP contribution in [0.4, 0.5) is 0 Å². The molecule has 2 rings (SSSR count). The number of benzene rings is 1. The van der Waals surface area contributed by atoms with Crippen molar-refractivity contribution in [3.05, 3.63) is 34.9 Å². The van der Waals surface area contributed by atoms with E-state index in [1.54, 1.807) is 0 Å². The van der Waals surface area contributed by atoms with Gasteiger partial charge < -0.3 is 5.32 Å². The lowest BCUT2D eigenvalue weighted by Gasteiger charge is -2.29. The second-order valence-electron chi connectivity index (χ2n) is 6.49. The first-order valence-electron chi connectivity index (χ1n) is 7.31. The number of aryl methyl sites for hydroxylation is 2. The van der Waals surface area contributed by atoms with Gasteiger partial charge in [0.15, 0.2) is 0 Å². The summed E-state index contributed by atoms with van der Waals surface area (Å²) in [5.74, 6) is 0. The number of nitrogens with one attached hydrogen (secondary N) is 1. The summed E-state index contributed by atoms with van der Waals surface area (Å²) in [6.07, 6.45) is 5.18. The van der Waals surface area contributed by atoms with E-state index in [1.165, 1.54) is 42.4 Å². The molecule has 100 valence electrons. The molecule has 1 heteroatoms. The van der Waals surface area contributed by atoms with E-state index in [9.17, 15) is 0 Å². The Bertz CT molecular complexity index is 386. The van der Waals surface area contributed by atoms with E-state index in [4.69, 9.17) is 0 Å². The molecule has 0 aliphatic heterocycles. The Labute approximate surface area is 112 Å². The summed E-state index contributed by atoms with van der Waals surface area (Å²) in [6.45, 7) is 10.3. The second kappa shape index (κ2) is 5.44. The summed E-state index contributed by atoms with van der Waals surface area (Å²) in [7, 11) is 0. The van der Waals surface area contributed by atoms with Gasteiger partial charge in [-0.05, 0) is 50.5 Å². The van der Waals surface area contributed by atoms with Gasteiger partial charge in [0.1, 0.15) is 0 Å². The van der Waals surface area contributed by atoms with Gasteiger partial charge in [0.25, 0.3) is 0 Å². The molecule has 1 saturated carbocycles. The molecule has 0 bridgehead atoms. The fraction of sp³-hybridized carbons (Fsp3) is 0.647. The first-order valence-corrected chi connectivity index (χ1v) is 7.31. The molecule has 1 atom stereocenters. The largest absolute Gasteiger partial charge is 0.313 e. The third-order valence-electron chi connectivity index (χ3n) is 4.16. The van der Waals surface area contributed by atoms with Gasteiger partial charge >= 0.3 is 0 Å². The molecule has 1 nitrogen and oxygen atoms in total. The maximum Gasteiger partial charge on any atom is 0.00684 e. The van der Waals surface area contributed by atoms with Crippen LogP contribution in [-0.4, -0.2) is 12.6 Å². The van der Waals surface area contributed by atoms with Gasteiger partial charge in [0, 0.05) is 12.6 Å². The van der Waals surface area contributed by atoms with Crippen molar-refractivity contribution in [3.8, 4) is 0 Å². The van der Waals surface area contributed by atoms with E-state index in [2.05, 4.69) is 51.2 Å². The minimum absolute atomic E-state index is 0.392. The zero-order valence-electron chi connectivity index (χ0n) is 12.3. The summed E-state index contributed by atoms with van der Waals surface area (Å²) in [4.78, 5) is 0. The van der Waals surface area contributed by atoms with Crippen molar-refractivity contribution < 1.29 is 0 Å². The topological polar surface area (TPSA) is 12.0 Å². The molecule has 1 aliphatic rings. The number of hydrogen-bond donors (Lipinski definition) is 1. The predicted octanol–water partition coefficient (Wildman–Crippen LogP) is 4.01. The van der Waals surface area contributed by atoms with Gasteiger partial charge in [-0.3, -0.25) is 0 Å². The molecule has 1 unspecified atom stereocenters. The van der Waals surface area contributed by atoms with Gasteiger partial charge in [-0.15, -0.1) is 0 Å². The van der Waals surface area contributed by atoms with Crippen molar-refractivity contribution in [3.63, 3.8) is 0 Å². The zero-order valence-corrected chi connectivity index (χ0v) is 12.3. The zero-order chi connectivity index (χ0) is 13.2. The van der Waals surface area contributed by atoms with Crippen LogP contribution in [0.15, 0.2) is 18.2 Å². The van der Waals surface area contributed by atoms with Crippen molar-refractivity contribution in [1.82, 2.24) is 5.32 Å². The standard InChI is InChI=1S/C17H27N/c1-5-17(4,12-18-16-6-7-16)11-15-9-13(2)8-14(3)10-15/h8-10,16,18H,5-7,11-12H2,1-4H3. The third kappa shape index (κ3) is 3.84. The summed E-state index contributed by atoms with van der Waals surface area (Å²) in [6, 6.07) is 7.76. The Morgan fingerprint density at radius 3 is 2.28 bits per heavy atom. The third-order valence-corrected chi connectivity index (χ3v) is 4.16. The first kappa shape index (κ1) is 13.6. The molecule has 1 aromatic carbocycles. The molecule has 0 heterocycles. The lowest BCUT2D eigenvalue weighted by molar-refractivity contribution is 0.289. The highest BCUT2D eigenvalue weighted by Gasteiger charge is 2.27. The molecule has 1 N–H and O–H groups in total. The average molecular weight is 245 g/mol. The van der Waals surface area contributed by atoms with Crippen LogP contribution < -0.4 is 5.32 Å². The summed E-state index contributed by atoms with van der Waals surface area (Å²) >= 11 is 0. The lowest BCUT2D eigenvalue weighted by atomic mass is 9.80. The number of rotatable bonds is 6. The van der Waals surface area contributed by atoms with Crippen molar-refractivity contribution in [2.24, 2.45) is 5.41 Å². The Morgan fingerprint density at radius 2 is 1.78 bits per heavy atom. The first-order chi connectivity index (χ1) is 8.50. The van der Waals surface area contributed by atoms with Gasteiger partial charge in [-0.2, -0.15) is 0 Å². The van der Waals surface area contributed by atoms with Crippen molar-refractivity contribution >= 4 is 0 Å². The van der Waals surface area contributed by atoms with Crippen LogP contribution in [0.5, 0.6) is 0 Å². The van der Waals surface area contributed by atoms with Crippen molar-refractivity contribution in [2.75, 3.05) is 6.54 Å². The summed E-state index contributed by atoms with van der Waals surface area (Å²) < 4.78 is 0. The molecule has 0 radical (unpaired) electrons. The van der Waals surface area contributed by atoms with E-state index in [1.807, 2.05) is 0 Å². The van der Waals surface area contributed by atoms with Crippen LogP contribution in [0.3, 0.4) is 0 Å². The van der Waals surface area contributed by atoms with Gasteiger partial charge in [0.2, 0.25) is 0 Å². The van der Waals surface area contributed by atoms with Crippen LogP contribution in [0.25, 0.3) is 0 Å². The van der Waals surface area contributed by atoms with Crippen molar-refractivity contribution in [2.45, 2.75) is 59.4 Å². The Morgan fingerprint density at radius 1 is 1.17 bits per heavy atom. The van der Waals surface area contributed by atoms with Gasteiger partial charge in [0.05, 0.1) is 0 Å². The molecule has 0 spiro atoms. The fourth-order valence-corrected chi connectivity index (χ4v) is 2.65. The summed E-state index contributed by atoms with van der Waals surface area (Å²) in [5, 5.41) is 3.70. The maximum absolute atomic E-state index is 3.70. The minimum Gasteiger partial charge on any atom is -0.313 e.